The van der Waals surface area contributed by atoms with E-state index in [0.717, 1.165) is 23.7 Å². The molecule has 3 rings (SSSR count). The fraction of sp³-hybridized carbons (Fsp3) is 0.333. The highest BCUT2D eigenvalue weighted by atomic mass is 32.2. The highest BCUT2D eigenvalue weighted by molar-refractivity contribution is 7.99. The average Bonchev–Trinajstić information content (AvgIpc) is 3.13. The summed E-state index contributed by atoms with van der Waals surface area (Å²) in [7, 11) is 0. The van der Waals surface area contributed by atoms with Crippen LogP contribution in [0.25, 0.3) is 0 Å². The van der Waals surface area contributed by atoms with Crippen LogP contribution in [0.3, 0.4) is 0 Å². The van der Waals surface area contributed by atoms with Crippen LogP contribution in [0.1, 0.15) is 16.8 Å². The van der Waals surface area contributed by atoms with Crippen molar-refractivity contribution in [2.45, 2.75) is 12.5 Å². The lowest BCUT2D eigenvalue weighted by molar-refractivity contribution is 0.0946. The number of nitrogens with zero attached hydrogens (tertiary/aromatic N) is 1. The van der Waals surface area contributed by atoms with Gasteiger partial charge >= 0.3 is 0 Å². The van der Waals surface area contributed by atoms with Gasteiger partial charge in [-0.2, -0.15) is 11.8 Å². The van der Waals surface area contributed by atoms with E-state index in [1.165, 1.54) is 0 Å². The monoisotopic (exact) mass is 344 g/mol. The SMILES string of the molecule is O=C(NCCOc1ccccc1)c1ccnc(OC2CCSC2)c1. The maximum atomic E-state index is 12.2. The van der Waals surface area contributed by atoms with Gasteiger partial charge in [0.25, 0.3) is 5.91 Å². The first-order chi connectivity index (χ1) is 11.8. The summed E-state index contributed by atoms with van der Waals surface area (Å²) >= 11 is 1.88. The van der Waals surface area contributed by atoms with Crippen LogP contribution in [-0.2, 0) is 0 Å². The Labute approximate surface area is 145 Å². The Bertz CT molecular complexity index is 660. The molecular weight excluding hydrogens is 324 g/mol. The standard InChI is InChI=1S/C18H20N2O3S/c21-18(20-9-10-22-15-4-2-1-3-5-15)14-6-8-19-17(12-14)23-16-7-11-24-13-16/h1-6,8,12,16H,7,9-11,13H2,(H,20,21). The topological polar surface area (TPSA) is 60.5 Å². The number of carbonyl (C=O) groups excluding carboxylic acids is 1. The molecule has 1 aliphatic heterocycles. The third-order valence-electron chi connectivity index (χ3n) is 3.57. The van der Waals surface area contributed by atoms with E-state index in [1.54, 1.807) is 18.3 Å². The fourth-order valence-electron chi connectivity index (χ4n) is 2.34. The minimum absolute atomic E-state index is 0.153. The van der Waals surface area contributed by atoms with Crippen molar-refractivity contribution in [3.8, 4) is 11.6 Å². The summed E-state index contributed by atoms with van der Waals surface area (Å²) in [5, 5.41) is 2.84. The van der Waals surface area contributed by atoms with Gasteiger partial charge < -0.3 is 14.8 Å². The molecule has 24 heavy (non-hydrogen) atoms. The number of hydrogen-bond acceptors (Lipinski definition) is 5. The third kappa shape index (κ3) is 4.89. The zero-order chi connectivity index (χ0) is 16.6. The van der Waals surface area contributed by atoms with E-state index in [-0.39, 0.29) is 12.0 Å². The first-order valence-corrected chi connectivity index (χ1v) is 9.13. The lowest BCUT2D eigenvalue weighted by Gasteiger charge is -2.12. The largest absolute Gasteiger partial charge is 0.492 e. The van der Waals surface area contributed by atoms with E-state index >= 15 is 0 Å². The molecule has 1 N–H and O–H groups in total. The van der Waals surface area contributed by atoms with E-state index in [9.17, 15) is 4.79 Å². The first-order valence-electron chi connectivity index (χ1n) is 7.98. The zero-order valence-corrected chi connectivity index (χ0v) is 14.1. The number of hydrogen-bond donors (Lipinski definition) is 1. The van der Waals surface area contributed by atoms with Crippen molar-refractivity contribution in [2.75, 3.05) is 24.7 Å². The molecule has 1 aliphatic rings. The lowest BCUT2D eigenvalue weighted by Crippen LogP contribution is -2.28. The minimum Gasteiger partial charge on any atom is -0.492 e. The number of rotatable bonds is 7. The van der Waals surface area contributed by atoms with Gasteiger partial charge in [-0.15, -0.1) is 0 Å². The van der Waals surface area contributed by atoms with Gasteiger partial charge in [0.15, 0.2) is 0 Å². The molecule has 0 spiro atoms. The van der Waals surface area contributed by atoms with Crippen LogP contribution in [0.2, 0.25) is 0 Å². The molecule has 1 amide bonds. The molecule has 2 aromatic rings. The predicted octanol–water partition coefficient (Wildman–Crippen LogP) is 2.77. The van der Waals surface area contributed by atoms with Crippen molar-refractivity contribution in [1.82, 2.24) is 10.3 Å². The molecule has 1 unspecified atom stereocenters. The molecule has 0 bridgehead atoms. The smallest absolute Gasteiger partial charge is 0.251 e. The molecule has 2 heterocycles. The molecule has 1 fully saturated rings. The highest BCUT2D eigenvalue weighted by Crippen LogP contribution is 2.22. The van der Waals surface area contributed by atoms with Crippen molar-refractivity contribution in [1.29, 1.82) is 0 Å². The normalized spacial score (nSPS) is 16.6. The summed E-state index contributed by atoms with van der Waals surface area (Å²) < 4.78 is 11.4. The van der Waals surface area contributed by atoms with Gasteiger partial charge in [-0.3, -0.25) is 4.79 Å². The fourth-order valence-corrected chi connectivity index (χ4v) is 3.44. The summed E-state index contributed by atoms with van der Waals surface area (Å²) in [6.07, 6.45) is 2.83. The summed E-state index contributed by atoms with van der Waals surface area (Å²) in [5.41, 5.74) is 0.547. The van der Waals surface area contributed by atoms with Crippen LogP contribution < -0.4 is 14.8 Å². The van der Waals surface area contributed by atoms with Crippen molar-refractivity contribution < 1.29 is 14.3 Å². The number of pyridine rings is 1. The molecule has 1 aromatic carbocycles. The molecule has 1 aromatic heterocycles. The molecule has 1 atom stereocenters. The number of aromatic nitrogens is 1. The van der Waals surface area contributed by atoms with Gasteiger partial charge in [0.05, 0.1) is 6.54 Å². The van der Waals surface area contributed by atoms with E-state index in [4.69, 9.17) is 9.47 Å². The molecule has 0 aliphatic carbocycles. The summed E-state index contributed by atoms with van der Waals surface area (Å²) in [6, 6.07) is 12.9. The maximum absolute atomic E-state index is 12.2. The van der Waals surface area contributed by atoms with E-state index < -0.39 is 0 Å². The Kier molecular flexibility index (Phi) is 5.96. The third-order valence-corrected chi connectivity index (χ3v) is 4.70. The maximum Gasteiger partial charge on any atom is 0.251 e. The van der Waals surface area contributed by atoms with Crippen LogP contribution in [0, 0.1) is 0 Å². The van der Waals surface area contributed by atoms with Gasteiger partial charge in [0.2, 0.25) is 5.88 Å². The second kappa shape index (κ2) is 8.59. The Hall–Kier alpha value is -2.21. The number of nitrogens with one attached hydrogen (secondary N) is 1. The van der Waals surface area contributed by atoms with Crippen LogP contribution in [0.15, 0.2) is 48.7 Å². The van der Waals surface area contributed by atoms with Crippen molar-refractivity contribution >= 4 is 17.7 Å². The molecular formula is C18H20N2O3S. The number of carbonyl (C=O) groups is 1. The second-order valence-electron chi connectivity index (χ2n) is 5.40. The number of amides is 1. The zero-order valence-electron chi connectivity index (χ0n) is 13.3. The van der Waals surface area contributed by atoms with Crippen molar-refractivity contribution in [3.05, 3.63) is 54.2 Å². The van der Waals surface area contributed by atoms with Crippen LogP contribution in [0.4, 0.5) is 0 Å². The van der Waals surface area contributed by atoms with Crippen molar-refractivity contribution in [3.63, 3.8) is 0 Å². The molecule has 1 saturated heterocycles. The Balaban J connectivity index is 1.46. The second-order valence-corrected chi connectivity index (χ2v) is 6.55. The molecule has 5 nitrogen and oxygen atoms in total. The number of para-hydroxylation sites is 1. The summed E-state index contributed by atoms with van der Waals surface area (Å²) in [4.78, 5) is 16.4. The van der Waals surface area contributed by atoms with Crippen LogP contribution in [-0.4, -0.2) is 41.7 Å². The van der Waals surface area contributed by atoms with Crippen LogP contribution >= 0.6 is 11.8 Å². The Morgan fingerprint density at radius 3 is 2.96 bits per heavy atom. The van der Waals surface area contributed by atoms with Gasteiger partial charge in [0, 0.05) is 23.6 Å². The van der Waals surface area contributed by atoms with E-state index in [2.05, 4.69) is 10.3 Å². The van der Waals surface area contributed by atoms with Crippen LogP contribution in [0.5, 0.6) is 11.6 Å². The number of ether oxygens (including phenoxy) is 2. The van der Waals surface area contributed by atoms with Gasteiger partial charge in [0.1, 0.15) is 18.5 Å². The number of thioether (sulfide) groups is 1. The lowest BCUT2D eigenvalue weighted by atomic mass is 10.2. The molecule has 126 valence electrons. The summed E-state index contributed by atoms with van der Waals surface area (Å²) in [5.74, 6) is 3.25. The number of benzene rings is 1. The van der Waals surface area contributed by atoms with Crippen molar-refractivity contribution in [2.24, 2.45) is 0 Å². The Morgan fingerprint density at radius 2 is 2.17 bits per heavy atom. The van der Waals surface area contributed by atoms with E-state index in [1.807, 2.05) is 42.1 Å². The minimum atomic E-state index is -0.153. The first kappa shape index (κ1) is 16.6. The highest BCUT2D eigenvalue weighted by Gasteiger charge is 2.18. The van der Waals surface area contributed by atoms with E-state index in [0.29, 0.717) is 24.6 Å². The predicted molar refractivity (Wildman–Crippen MR) is 94.9 cm³/mol. The quantitative estimate of drug-likeness (QED) is 0.783. The summed E-state index contributed by atoms with van der Waals surface area (Å²) in [6.45, 7) is 0.856. The van der Waals surface area contributed by atoms with Gasteiger partial charge in [-0.25, -0.2) is 4.98 Å². The Morgan fingerprint density at radius 1 is 1.29 bits per heavy atom. The van der Waals surface area contributed by atoms with Gasteiger partial charge in [-0.1, -0.05) is 18.2 Å². The molecule has 0 radical (unpaired) electrons. The molecule has 6 heteroatoms. The average molecular weight is 344 g/mol. The van der Waals surface area contributed by atoms with Gasteiger partial charge in [-0.05, 0) is 30.4 Å². The molecule has 0 saturated carbocycles.